The summed E-state index contributed by atoms with van der Waals surface area (Å²) in [4.78, 5) is 11.7. The van der Waals surface area contributed by atoms with Crippen LogP contribution in [0, 0.1) is 0 Å². The SMILES string of the molecule is Cl.O=C(CCOc1ccccc1Cl)NCC1=CCNCC1. The molecule has 6 heteroatoms. The molecule has 0 saturated carbocycles. The van der Waals surface area contributed by atoms with Gasteiger partial charge in [-0.15, -0.1) is 12.4 Å². The van der Waals surface area contributed by atoms with Crippen molar-refractivity contribution in [2.45, 2.75) is 12.8 Å². The molecule has 0 fully saturated rings. The van der Waals surface area contributed by atoms with E-state index >= 15 is 0 Å². The van der Waals surface area contributed by atoms with Gasteiger partial charge < -0.3 is 15.4 Å². The second kappa shape index (κ2) is 9.66. The van der Waals surface area contributed by atoms with Crippen LogP contribution in [-0.4, -0.2) is 32.1 Å². The standard InChI is InChI=1S/C15H19ClN2O2.ClH/c16-13-3-1-2-4-14(13)20-10-7-15(19)18-11-12-5-8-17-9-6-12;/h1-5,17H,6-11H2,(H,18,19);1H. The topological polar surface area (TPSA) is 50.4 Å². The van der Waals surface area contributed by atoms with E-state index in [1.807, 2.05) is 12.1 Å². The van der Waals surface area contributed by atoms with Crippen LogP contribution in [-0.2, 0) is 4.79 Å². The van der Waals surface area contributed by atoms with Gasteiger partial charge in [0.15, 0.2) is 0 Å². The lowest BCUT2D eigenvalue weighted by molar-refractivity contribution is -0.121. The number of carbonyl (C=O) groups is 1. The molecule has 0 bridgehead atoms. The van der Waals surface area contributed by atoms with E-state index < -0.39 is 0 Å². The van der Waals surface area contributed by atoms with Gasteiger partial charge in [0.05, 0.1) is 18.1 Å². The zero-order chi connectivity index (χ0) is 14.2. The lowest BCUT2D eigenvalue weighted by Crippen LogP contribution is -2.30. The van der Waals surface area contributed by atoms with Gasteiger partial charge in [0.25, 0.3) is 0 Å². The minimum Gasteiger partial charge on any atom is -0.491 e. The van der Waals surface area contributed by atoms with Crippen LogP contribution in [0.3, 0.4) is 0 Å². The Morgan fingerprint density at radius 3 is 2.90 bits per heavy atom. The number of amides is 1. The fraction of sp³-hybridized carbons (Fsp3) is 0.400. The van der Waals surface area contributed by atoms with Crippen molar-refractivity contribution < 1.29 is 9.53 Å². The van der Waals surface area contributed by atoms with E-state index in [0.717, 1.165) is 19.5 Å². The summed E-state index contributed by atoms with van der Waals surface area (Å²) in [7, 11) is 0. The highest BCUT2D eigenvalue weighted by Crippen LogP contribution is 2.22. The summed E-state index contributed by atoms with van der Waals surface area (Å²) in [6.45, 7) is 2.83. The zero-order valence-electron chi connectivity index (χ0n) is 11.7. The maximum atomic E-state index is 11.7. The minimum atomic E-state index is -0.00325. The smallest absolute Gasteiger partial charge is 0.223 e. The molecule has 2 rings (SSSR count). The van der Waals surface area contributed by atoms with Crippen molar-refractivity contribution in [3.05, 3.63) is 40.9 Å². The molecule has 1 amide bonds. The molecule has 1 aliphatic rings. The summed E-state index contributed by atoms with van der Waals surface area (Å²) in [6, 6.07) is 7.25. The molecular weight excluding hydrogens is 311 g/mol. The molecule has 4 nitrogen and oxygen atoms in total. The Hall–Kier alpha value is -1.23. The Kier molecular flexibility index (Phi) is 8.20. The molecule has 0 radical (unpaired) electrons. The number of nitrogens with one attached hydrogen (secondary N) is 2. The van der Waals surface area contributed by atoms with Crippen LogP contribution in [0.25, 0.3) is 0 Å². The van der Waals surface area contributed by atoms with E-state index in [1.165, 1.54) is 5.57 Å². The van der Waals surface area contributed by atoms with E-state index in [2.05, 4.69) is 16.7 Å². The number of hydrogen-bond acceptors (Lipinski definition) is 3. The van der Waals surface area contributed by atoms with Crippen LogP contribution in [0.15, 0.2) is 35.9 Å². The van der Waals surface area contributed by atoms with Crippen molar-refractivity contribution >= 4 is 29.9 Å². The highest BCUT2D eigenvalue weighted by atomic mass is 35.5. The lowest BCUT2D eigenvalue weighted by Gasteiger charge is -2.14. The summed E-state index contributed by atoms with van der Waals surface area (Å²) >= 11 is 5.96. The minimum absolute atomic E-state index is 0. The van der Waals surface area contributed by atoms with Gasteiger partial charge in [0, 0.05) is 13.1 Å². The number of ether oxygens (including phenoxy) is 1. The Labute approximate surface area is 136 Å². The zero-order valence-corrected chi connectivity index (χ0v) is 13.3. The van der Waals surface area contributed by atoms with Crippen LogP contribution in [0.4, 0.5) is 0 Å². The Balaban J connectivity index is 0.00000220. The van der Waals surface area contributed by atoms with Gasteiger partial charge in [-0.1, -0.05) is 35.4 Å². The molecule has 0 atom stereocenters. The highest BCUT2D eigenvalue weighted by molar-refractivity contribution is 6.32. The average Bonchev–Trinajstić information content (AvgIpc) is 2.48. The third kappa shape index (κ3) is 6.38. The van der Waals surface area contributed by atoms with E-state index in [4.69, 9.17) is 16.3 Å². The number of halogens is 2. The largest absolute Gasteiger partial charge is 0.491 e. The first-order chi connectivity index (χ1) is 9.75. The number of para-hydroxylation sites is 1. The maximum Gasteiger partial charge on any atom is 0.223 e. The number of rotatable bonds is 6. The Bertz CT molecular complexity index is 492. The quantitative estimate of drug-likeness (QED) is 0.788. The predicted molar refractivity (Wildman–Crippen MR) is 87.4 cm³/mol. The Morgan fingerprint density at radius 2 is 2.19 bits per heavy atom. The van der Waals surface area contributed by atoms with Crippen molar-refractivity contribution in [1.29, 1.82) is 0 Å². The Morgan fingerprint density at radius 1 is 1.38 bits per heavy atom. The van der Waals surface area contributed by atoms with E-state index in [-0.39, 0.29) is 18.3 Å². The van der Waals surface area contributed by atoms with Gasteiger partial charge in [-0.05, 0) is 25.1 Å². The van der Waals surface area contributed by atoms with Crippen molar-refractivity contribution in [2.75, 3.05) is 26.2 Å². The van der Waals surface area contributed by atoms with Crippen LogP contribution >= 0.6 is 24.0 Å². The van der Waals surface area contributed by atoms with Gasteiger partial charge in [0.2, 0.25) is 5.91 Å². The molecule has 116 valence electrons. The molecule has 1 aliphatic heterocycles. The normalized spacial score (nSPS) is 13.9. The first-order valence-electron chi connectivity index (χ1n) is 6.78. The molecule has 0 aliphatic carbocycles. The van der Waals surface area contributed by atoms with Crippen LogP contribution in [0.2, 0.25) is 5.02 Å². The summed E-state index contributed by atoms with van der Waals surface area (Å²) in [5.41, 5.74) is 1.28. The molecular formula is C15H20Cl2N2O2. The van der Waals surface area contributed by atoms with Crippen LogP contribution < -0.4 is 15.4 Å². The van der Waals surface area contributed by atoms with E-state index in [1.54, 1.807) is 12.1 Å². The molecule has 1 aromatic carbocycles. The second-order valence-corrected chi connectivity index (χ2v) is 5.03. The van der Waals surface area contributed by atoms with Crippen LogP contribution in [0.5, 0.6) is 5.75 Å². The molecule has 0 aromatic heterocycles. The molecule has 1 aromatic rings. The fourth-order valence-corrected chi connectivity index (χ4v) is 2.14. The average molecular weight is 331 g/mol. The van der Waals surface area contributed by atoms with Gasteiger partial charge in [-0.25, -0.2) is 0 Å². The third-order valence-electron chi connectivity index (χ3n) is 3.09. The van der Waals surface area contributed by atoms with Crippen LogP contribution in [0.1, 0.15) is 12.8 Å². The number of hydrogen-bond donors (Lipinski definition) is 2. The molecule has 0 spiro atoms. The van der Waals surface area contributed by atoms with E-state index in [9.17, 15) is 4.79 Å². The van der Waals surface area contributed by atoms with Gasteiger partial charge in [0.1, 0.15) is 5.75 Å². The van der Waals surface area contributed by atoms with Crippen molar-refractivity contribution in [2.24, 2.45) is 0 Å². The van der Waals surface area contributed by atoms with Gasteiger partial charge in [-0.3, -0.25) is 4.79 Å². The lowest BCUT2D eigenvalue weighted by atomic mass is 10.1. The van der Waals surface area contributed by atoms with Crippen molar-refractivity contribution in [3.63, 3.8) is 0 Å². The second-order valence-electron chi connectivity index (χ2n) is 4.62. The summed E-state index contributed by atoms with van der Waals surface area (Å²) in [5, 5.41) is 6.71. The number of carbonyl (C=O) groups excluding carboxylic acids is 1. The van der Waals surface area contributed by atoms with Crippen molar-refractivity contribution in [3.8, 4) is 5.75 Å². The van der Waals surface area contributed by atoms with Gasteiger partial charge >= 0.3 is 0 Å². The molecule has 21 heavy (non-hydrogen) atoms. The van der Waals surface area contributed by atoms with Crippen molar-refractivity contribution in [1.82, 2.24) is 10.6 Å². The van der Waals surface area contributed by atoms with Gasteiger partial charge in [-0.2, -0.15) is 0 Å². The maximum absolute atomic E-state index is 11.7. The monoisotopic (exact) mass is 330 g/mol. The first kappa shape index (κ1) is 17.8. The molecule has 2 N–H and O–H groups in total. The molecule has 0 unspecified atom stereocenters. The molecule has 1 heterocycles. The summed E-state index contributed by atoms with van der Waals surface area (Å²) in [6.07, 6.45) is 3.46. The fourth-order valence-electron chi connectivity index (χ4n) is 1.95. The highest BCUT2D eigenvalue weighted by Gasteiger charge is 2.06. The third-order valence-corrected chi connectivity index (χ3v) is 3.41. The summed E-state index contributed by atoms with van der Waals surface area (Å²) in [5.74, 6) is 0.611. The first-order valence-corrected chi connectivity index (χ1v) is 7.16. The predicted octanol–water partition coefficient (Wildman–Crippen LogP) is 2.57. The molecule has 0 saturated heterocycles. The number of benzene rings is 1. The summed E-state index contributed by atoms with van der Waals surface area (Å²) < 4.78 is 5.48. The van der Waals surface area contributed by atoms with E-state index in [0.29, 0.717) is 30.3 Å².